The quantitative estimate of drug-likeness (QED) is 0.589. The summed E-state index contributed by atoms with van der Waals surface area (Å²) in [7, 11) is 1.61. The molecule has 0 spiro atoms. The number of benzene rings is 1. The van der Waals surface area contributed by atoms with Crippen molar-refractivity contribution in [2.24, 2.45) is 0 Å². The highest BCUT2D eigenvalue weighted by Gasteiger charge is 2.14. The van der Waals surface area contributed by atoms with Gasteiger partial charge in [0.15, 0.2) is 5.78 Å². The van der Waals surface area contributed by atoms with Crippen LogP contribution in [0.4, 0.5) is 0 Å². The maximum atomic E-state index is 12.2. The van der Waals surface area contributed by atoms with E-state index in [0.29, 0.717) is 5.56 Å². The second kappa shape index (κ2) is 8.76. The molecule has 0 radical (unpaired) electrons. The molecule has 0 saturated heterocycles. The van der Waals surface area contributed by atoms with Crippen LogP contribution in [0.15, 0.2) is 29.2 Å². The average Bonchev–Trinajstić information content (AvgIpc) is 2.47. The number of ketones is 1. The largest absolute Gasteiger partial charge is 0.358 e. The molecule has 5 heteroatoms. The fourth-order valence-corrected chi connectivity index (χ4v) is 2.29. The zero-order valence-electron chi connectivity index (χ0n) is 12.3. The zero-order valence-corrected chi connectivity index (χ0v) is 13.1. The van der Waals surface area contributed by atoms with Gasteiger partial charge in [-0.15, -0.1) is 11.8 Å². The number of thioether (sulfide) groups is 1. The average molecular weight is 294 g/mol. The number of carbonyl (C=O) groups excluding carboxylic acids is 2. The highest BCUT2D eigenvalue weighted by Crippen LogP contribution is 2.15. The number of hydrogen-bond donors (Lipinski definition) is 1. The third kappa shape index (κ3) is 5.35. The number of nitrogens with one attached hydrogen (secondary N) is 1. The van der Waals surface area contributed by atoms with Gasteiger partial charge in [-0.3, -0.25) is 14.5 Å². The lowest BCUT2D eigenvalue weighted by Crippen LogP contribution is -2.39. The van der Waals surface area contributed by atoms with Crippen LogP contribution in [-0.4, -0.2) is 49.5 Å². The molecule has 0 aromatic heterocycles. The highest BCUT2D eigenvalue weighted by atomic mass is 32.2. The van der Waals surface area contributed by atoms with E-state index in [0.717, 1.165) is 17.9 Å². The Balaban J connectivity index is 2.66. The first-order chi connectivity index (χ1) is 9.60. The molecule has 0 saturated carbocycles. The second-order valence-electron chi connectivity index (χ2n) is 4.54. The van der Waals surface area contributed by atoms with Gasteiger partial charge in [0.25, 0.3) is 0 Å². The Hall–Kier alpha value is -1.33. The minimum absolute atomic E-state index is 0.0509. The van der Waals surface area contributed by atoms with Crippen molar-refractivity contribution in [3.8, 4) is 0 Å². The predicted molar refractivity (Wildman–Crippen MR) is 83.4 cm³/mol. The normalized spacial score (nSPS) is 10.6. The molecule has 20 heavy (non-hydrogen) atoms. The number of rotatable bonds is 8. The van der Waals surface area contributed by atoms with Gasteiger partial charge in [-0.25, -0.2) is 0 Å². The molecule has 0 aliphatic carbocycles. The third-order valence-corrected chi connectivity index (χ3v) is 3.71. The Kier molecular flexibility index (Phi) is 7.33. The summed E-state index contributed by atoms with van der Waals surface area (Å²) in [6.07, 6.45) is 2.92. The standard InChI is InChI=1S/C15H22N2O2S/c1-4-9-17(11-15(19)16-2)10-14(18)12-5-7-13(20-3)8-6-12/h5-8H,4,9-11H2,1-3H3,(H,16,19). The Labute approximate surface area is 124 Å². The third-order valence-electron chi connectivity index (χ3n) is 2.97. The van der Waals surface area contributed by atoms with E-state index in [2.05, 4.69) is 5.32 Å². The maximum absolute atomic E-state index is 12.2. The monoisotopic (exact) mass is 294 g/mol. The molecule has 0 fully saturated rings. The number of Topliss-reactive ketones (excluding diaryl/α,β-unsaturated/α-hetero) is 1. The van der Waals surface area contributed by atoms with E-state index in [1.165, 1.54) is 0 Å². The van der Waals surface area contributed by atoms with E-state index >= 15 is 0 Å². The molecule has 0 bridgehead atoms. The first-order valence-corrected chi connectivity index (χ1v) is 7.93. The minimum atomic E-state index is -0.0658. The summed E-state index contributed by atoms with van der Waals surface area (Å²) in [4.78, 5) is 26.7. The number of likely N-dealkylation sites (N-methyl/N-ethyl adjacent to an activating group) is 1. The van der Waals surface area contributed by atoms with Crippen LogP contribution >= 0.6 is 11.8 Å². The SMILES string of the molecule is CCCN(CC(=O)NC)CC(=O)c1ccc(SC)cc1. The number of amides is 1. The molecule has 1 aromatic carbocycles. The first-order valence-electron chi connectivity index (χ1n) is 6.70. The van der Waals surface area contributed by atoms with Crippen LogP contribution in [0.1, 0.15) is 23.7 Å². The van der Waals surface area contributed by atoms with Crippen LogP contribution in [0.25, 0.3) is 0 Å². The number of nitrogens with zero attached hydrogens (tertiary/aromatic N) is 1. The van der Waals surface area contributed by atoms with E-state index in [1.807, 2.05) is 42.3 Å². The van der Waals surface area contributed by atoms with E-state index < -0.39 is 0 Å². The Morgan fingerprint density at radius 3 is 2.35 bits per heavy atom. The molecule has 110 valence electrons. The molecule has 0 aliphatic rings. The molecule has 1 rings (SSSR count). The first kappa shape index (κ1) is 16.7. The Morgan fingerprint density at radius 1 is 1.20 bits per heavy atom. The Morgan fingerprint density at radius 2 is 1.85 bits per heavy atom. The van der Waals surface area contributed by atoms with Gasteiger partial charge < -0.3 is 5.32 Å². The molecule has 0 heterocycles. The van der Waals surface area contributed by atoms with Gasteiger partial charge in [0.1, 0.15) is 0 Å². The lowest BCUT2D eigenvalue weighted by molar-refractivity contribution is -0.121. The fourth-order valence-electron chi connectivity index (χ4n) is 1.88. The van der Waals surface area contributed by atoms with Crippen molar-refractivity contribution in [1.29, 1.82) is 0 Å². The van der Waals surface area contributed by atoms with Gasteiger partial charge in [0, 0.05) is 17.5 Å². The zero-order chi connectivity index (χ0) is 15.0. The topological polar surface area (TPSA) is 49.4 Å². The van der Waals surface area contributed by atoms with E-state index in [-0.39, 0.29) is 24.8 Å². The molecule has 0 atom stereocenters. The van der Waals surface area contributed by atoms with Crippen molar-refractivity contribution >= 4 is 23.5 Å². The summed E-state index contributed by atoms with van der Waals surface area (Å²) in [6.45, 7) is 3.31. The van der Waals surface area contributed by atoms with Crippen molar-refractivity contribution < 1.29 is 9.59 Å². The molecule has 0 unspecified atom stereocenters. The summed E-state index contributed by atoms with van der Waals surface area (Å²) < 4.78 is 0. The second-order valence-corrected chi connectivity index (χ2v) is 5.42. The molecule has 1 N–H and O–H groups in total. The minimum Gasteiger partial charge on any atom is -0.358 e. The van der Waals surface area contributed by atoms with Crippen molar-refractivity contribution in [1.82, 2.24) is 10.2 Å². The fraction of sp³-hybridized carbons (Fsp3) is 0.467. The summed E-state index contributed by atoms with van der Waals surface area (Å²) in [6, 6.07) is 7.58. The van der Waals surface area contributed by atoms with Crippen molar-refractivity contribution in [3.05, 3.63) is 29.8 Å². The molecular weight excluding hydrogens is 272 g/mol. The summed E-state index contributed by atoms with van der Waals surface area (Å²) in [5, 5.41) is 2.59. The van der Waals surface area contributed by atoms with Crippen molar-refractivity contribution in [2.45, 2.75) is 18.2 Å². The van der Waals surface area contributed by atoms with Gasteiger partial charge in [-0.1, -0.05) is 19.1 Å². The van der Waals surface area contributed by atoms with Crippen molar-refractivity contribution in [3.63, 3.8) is 0 Å². The summed E-state index contributed by atoms with van der Waals surface area (Å²) in [5.74, 6) is -0.0148. The van der Waals surface area contributed by atoms with Crippen LogP contribution in [0.3, 0.4) is 0 Å². The van der Waals surface area contributed by atoms with Crippen LogP contribution in [0, 0.1) is 0 Å². The van der Waals surface area contributed by atoms with E-state index in [4.69, 9.17) is 0 Å². The molecular formula is C15H22N2O2S. The summed E-state index contributed by atoms with van der Waals surface area (Å²) in [5.41, 5.74) is 0.695. The Bertz CT molecular complexity index is 446. The number of hydrogen-bond acceptors (Lipinski definition) is 4. The van der Waals surface area contributed by atoms with Crippen LogP contribution < -0.4 is 5.32 Å². The van der Waals surface area contributed by atoms with Gasteiger partial charge in [0.05, 0.1) is 13.1 Å². The summed E-state index contributed by atoms with van der Waals surface area (Å²) >= 11 is 1.65. The van der Waals surface area contributed by atoms with E-state index in [1.54, 1.807) is 18.8 Å². The van der Waals surface area contributed by atoms with Crippen molar-refractivity contribution in [2.75, 3.05) is 32.9 Å². The molecule has 1 amide bonds. The molecule has 4 nitrogen and oxygen atoms in total. The number of carbonyl (C=O) groups is 2. The van der Waals surface area contributed by atoms with Gasteiger partial charge in [-0.05, 0) is 31.4 Å². The lowest BCUT2D eigenvalue weighted by atomic mass is 10.1. The van der Waals surface area contributed by atoms with Gasteiger partial charge >= 0.3 is 0 Å². The van der Waals surface area contributed by atoms with Crippen LogP contribution in [-0.2, 0) is 4.79 Å². The molecule has 0 aliphatic heterocycles. The smallest absolute Gasteiger partial charge is 0.233 e. The van der Waals surface area contributed by atoms with E-state index in [9.17, 15) is 9.59 Å². The molecule has 1 aromatic rings. The van der Waals surface area contributed by atoms with Gasteiger partial charge in [-0.2, -0.15) is 0 Å². The van der Waals surface area contributed by atoms with Gasteiger partial charge in [0.2, 0.25) is 5.91 Å². The maximum Gasteiger partial charge on any atom is 0.233 e. The van der Waals surface area contributed by atoms with Crippen LogP contribution in [0.5, 0.6) is 0 Å². The lowest BCUT2D eigenvalue weighted by Gasteiger charge is -2.19. The van der Waals surface area contributed by atoms with Crippen LogP contribution in [0.2, 0.25) is 0 Å². The predicted octanol–water partition coefficient (Wildman–Crippen LogP) is 2.05. The highest BCUT2D eigenvalue weighted by molar-refractivity contribution is 7.98.